The Labute approximate surface area is 127 Å². The van der Waals surface area contributed by atoms with Crippen LogP contribution in [0.4, 0.5) is 5.69 Å². The van der Waals surface area contributed by atoms with E-state index in [1.54, 1.807) is 0 Å². The van der Waals surface area contributed by atoms with E-state index in [-0.39, 0.29) is 6.04 Å². The predicted molar refractivity (Wildman–Crippen MR) is 84.8 cm³/mol. The van der Waals surface area contributed by atoms with Gasteiger partial charge in [0, 0.05) is 25.3 Å². The maximum atomic E-state index is 6.20. The second-order valence-corrected chi connectivity index (χ2v) is 6.24. The number of benzene rings is 1. The van der Waals surface area contributed by atoms with Crippen molar-refractivity contribution >= 4 is 21.6 Å². The van der Waals surface area contributed by atoms with E-state index < -0.39 is 0 Å². The predicted octanol–water partition coefficient (Wildman–Crippen LogP) is 2.38. The number of nitrogens with zero attached hydrogens (tertiary/aromatic N) is 3. The summed E-state index contributed by atoms with van der Waals surface area (Å²) in [4.78, 5) is 2.35. The van der Waals surface area contributed by atoms with Crippen LogP contribution in [0, 0.1) is 6.92 Å². The van der Waals surface area contributed by atoms with Gasteiger partial charge in [0.15, 0.2) is 0 Å². The molecule has 0 saturated heterocycles. The summed E-state index contributed by atoms with van der Waals surface area (Å²) in [5.74, 6) is 0. The molecule has 1 aliphatic heterocycles. The molecule has 0 fully saturated rings. The van der Waals surface area contributed by atoms with Crippen LogP contribution in [0.25, 0.3) is 0 Å². The first-order valence-electron chi connectivity index (χ1n) is 6.82. The van der Waals surface area contributed by atoms with Gasteiger partial charge in [0.25, 0.3) is 0 Å². The van der Waals surface area contributed by atoms with Gasteiger partial charge in [-0.15, -0.1) is 0 Å². The van der Waals surface area contributed by atoms with Gasteiger partial charge in [0.1, 0.15) is 0 Å². The summed E-state index contributed by atoms with van der Waals surface area (Å²) in [6.45, 7) is 3.72. The highest BCUT2D eigenvalue weighted by Crippen LogP contribution is 2.30. The lowest BCUT2D eigenvalue weighted by molar-refractivity contribution is 0.582. The monoisotopic (exact) mass is 334 g/mol. The molecule has 1 atom stereocenters. The van der Waals surface area contributed by atoms with Crippen LogP contribution in [0.3, 0.4) is 0 Å². The van der Waals surface area contributed by atoms with Crippen molar-refractivity contribution in [1.29, 1.82) is 0 Å². The standard InChI is InChI=1S/C15H19BrN4/c1-10-15(16)14(19(2)18-10)9-20-8-12(17)7-11-5-3-4-6-13(11)20/h3-6,12H,7-9,17H2,1-2H3. The minimum Gasteiger partial charge on any atom is -0.364 e. The zero-order valence-corrected chi connectivity index (χ0v) is 13.4. The van der Waals surface area contributed by atoms with E-state index in [0.717, 1.165) is 29.7 Å². The lowest BCUT2D eigenvalue weighted by Crippen LogP contribution is -2.43. The summed E-state index contributed by atoms with van der Waals surface area (Å²) < 4.78 is 3.04. The van der Waals surface area contributed by atoms with E-state index in [0.29, 0.717) is 0 Å². The lowest BCUT2D eigenvalue weighted by atomic mass is 9.98. The van der Waals surface area contributed by atoms with Gasteiger partial charge in [0.2, 0.25) is 0 Å². The van der Waals surface area contributed by atoms with Crippen molar-refractivity contribution in [3.8, 4) is 0 Å². The average Bonchev–Trinajstić information content (AvgIpc) is 2.65. The summed E-state index contributed by atoms with van der Waals surface area (Å²) in [6.07, 6.45) is 0.957. The Morgan fingerprint density at radius 3 is 2.85 bits per heavy atom. The van der Waals surface area contributed by atoms with E-state index >= 15 is 0 Å². The second-order valence-electron chi connectivity index (χ2n) is 5.44. The van der Waals surface area contributed by atoms with E-state index in [2.05, 4.69) is 50.2 Å². The van der Waals surface area contributed by atoms with Gasteiger partial charge < -0.3 is 10.6 Å². The zero-order valence-electron chi connectivity index (χ0n) is 11.8. The Morgan fingerprint density at radius 1 is 1.40 bits per heavy atom. The molecule has 0 spiro atoms. The van der Waals surface area contributed by atoms with Crippen LogP contribution in [0.15, 0.2) is 28.7 Å². The third-order valence-corrected chi connectivity index (χ3v) is 4.90. The van der Waals surface area contributed by atoms with Gasteiger partial charge in [-0.1, -0.05) is 18.2 Å². The van der Waals surface area contributed by atoms with Crippen molar-refractivity contribution in [2.24, 2.45) is 12.8 Å². The molecule has 0 bridgehead atoms. The van der Waals surface area contributed by atoms with E-state index in [1.807, 2.05) is 18.7 Å². The molecule has 20 heavy (non-hydrogen) atoms. The summed E-state index contributed by atoms with van der Waals surface area (Å²) >= 11 is 3.64. The van der Waals surface area contributed by atoms with Crippen molar-refractivity contribution in [2.45, 2.75) is 25.9 Å². The molecular weight excluding hydrogens is 316 g/mol. The van der Waals surface area contributed by atoms with Gasteiger partial charge in [0.05, 0.1) is 22.4 Å². The smallest absolute Gasteiger partial charge is 0.0739 e. The fraction of sp³-hybridized carbons (Fsp3) is 0.400. The van der Waals surface area contributed by atoms with Crippen molar-refractivity contribution in [1.82, 2.24) is 9.78 Å². The Hall–Kier alpha value is -1.33. The molecule has 1 aromatic heterocycles. The Kier molecular flexibility index (Phi) is 3.56. The number of halogens is 1. The average molecular weight is 335 g/mol. The largest absolute Gasteiger partial charge is 0.364 e. The number of aryl methyl sites for hydroxylation is 2. The highest BCUT2D eigenvalue weighted by Gasteiger charge is 2.23. The topological polar surface area (TPSA) is 47.1 Å². The van der Waals surface area contributed by atoms with E-state index in [4.69, 9.17) is 5.73 Å². The molecule has 5 heteroatoms. The fourth-order valence-corrected chi connectivity index (χ4v) is 3.36. The number of hydrogen-bond donors (Lipinski definition) is 1. The molecular formula is C15H19BrN4. The third-order valence-electron chi connectivity index (χ3n) is 3.87. The molecule has 2 heterocycles. The number of para-hydroxylation sites is 1. The van der Waals surface area contributed by atoms with Gasteiger partial charge in [-0.3, -0.25) is 4.68 Å². The lowest BCUT2D eigenvalue weighted by Gasteiger charge is -2.34. The second kappa shape index (κ2) is 5.22. The fourth-order valence-electron chi connectivity index (χ4n) is 2.90. The van der Waals surface area contributed by atoms with Crippen LogP contribution >= 0.6 is 15.9 Å². The van der Waals surface area contributed by atoms with Crippen LogP contribution in [0.1, 0.15) is 17.0 Å². The molecule has 0 saturated carbocycles. The highest BCUT2D eigenvalue weighted by atomic mass is 79.9. The Morgan fingerprint density at radius 2 is 2.15 bits per heavy atom. The molecule has 3 rings (SSSR count). The SMILES string of the molecule is Cc1nn(C)c(CN2CC(N)Cc3ccccc32)c1Br. The zero-order chi connectivity index (χ0) is 14.3. The van der Waals surface area contributed by atoms with Crippen LogP contribution in [-0.2, 0) is 20.0 Å². The molecule has 106 valence electrons. The molecule has 0 amide bonds. The molecule has 1 unspecified atom stereocenters. The minimum absolute atomic E-state index is 0.193. The summed E-state index contributed by atoms with van der Waals surface area (Å²) in [5.41, 5.74) is 11.0. The van der Waals surface area contributed by atoms with Gasteiger partial charge in [-0.25, -0.2) is 0 Å². The molecule has 2 N–H and O–H groups in total. The Balaban J connectivity index is 1.95. The number of rotatable bonds is 2. The van der Waals surface area contributed by atoms with Crippen molar-refractivity contribution in [2.75, 3.05) is 11.4 Å². The maximum Gasteiger partial charge on any atom is 0.0739 e. The van der Waals surface area contributed by atoms with Crippen LogP contribution in [0.2, 0.25) is 0 Å². The first-order valence-corrected chi connectivity index (χ1v) is 7.62. The highest BCUT2D eigenvalue weighted by molar-refractivity contribution is 9.10. The summed E-state index contributed by atoms with van der Waals surface area (Å²) in [7, 11) is 1.99. The van der Waals surface area contributed by atoms with Crippen molar-refractivity contribution in [3.05, 3.63) is 45.7 Å². The molecule has 1 aliphatic rings. The molecule has 2 aromatic rings. The molecule has 1 aromatic carbocycles. The maximum absolute atomic E-state index is 6.20. The van der Waals surface area contributed by atoms with Gasteiger partial charge >= 0.3 is 0 Å². The van der Waals surface area contributed by atoms with Gasteiger partial charge in [-0.2, -0.15) is 5.10 Å². The van der Waals surface area contributed by atoms with Crippen LogP contribution in [-0.4, -0.2) is 22.4 Å². The van der Waals surface area contributed by atoms with Crippen LogP contribution in [0.5, 0.6) is 0 Å². The number of nitrogens with two attached hydrogens (primary N) is 1. The number of fused-ring (bicyclic) bond motifs is 1. The van der Waals surface area contributed by atoms with E-state index in [9.17, 15) is 0 Å². The normalized spacial score (nSPS) is 18.2. The van der Waals surface area contributed by atoms with E-state index in [1.165, 1.54) is 16.9 Å². The van der Waals surface area contributed by atoms with Crippen LogP contribution < -0.4 is 10.6 Å². The van der Waals surface area contributed by atoms with Crippen molar-refractivity contribution in [3.63, 3.8) is 0 Å². The third kappa shape index (κ3) is 2.36. The number of anilines is 1. The molecule has 4 nitrogen and oxygen atoms in total. The molecule has 0 aliphatic carbocycles. The Bertz CT molecular complexity index is 635. The quantitative estimate of drug-likeness (QED) is 0.917. The van der Waals surface area contributed by atoms with Gasteiger partial charge in [-0.05, 0) is 40.9 Å². The van der Waals surface area contributed by atoms with Crippen molar-refractivity contribution < 1.29 is 0 Å². The summed E-state index contributed by atoms with van der Waals surface area (Å²) in [6, 6.07) is 8.72. The molecule has 0 radical (unpaired) electrons. The summed E-state index contributed by atoms with van der Waals surface area (Å²) in [5, 5.41) is 4.46. The number of aromatic nitrogens is 2. The first-order chi connectivity index (χ1) is 9.56. The number of hydrogen-bond acceptors (Lipinski definition) is 3. The first kappa shape index (κ1) is 13.6. The minimum atomic E-state index is 0.193.